The number of benzene rings is 2. The largest absolute Gasteiger partial charge is 0.367 e. The number of piperazine rings is 1. The minimum Gasteiger partial charge on any atom is -0.367 e. The maximum absolute atomic E-state index is 13.0. The fourth-order valence-corrected chi connectivity index (χ4v) is 3.96. The Bertz CT molecular complexity index is 1030. The van der Waals surface area contributed by atoms with Crippen LogP contribution in [0.15, 0.2) is 54.6 Å². The van der Waals surface area contributed by atoms with Gasteiger partial charge in [-0.15, -0.1) is 0 Å². The number of amides is 1. The lowest BCUT2D eigenvalue weighted by Gasteiger charge is -2.36. The van der Waals surface area contributed by atoms with Gasteiger partial charge in [-0.1, -0.05) is 36.7 Å². The molecular weight excluding hydrogens is 398 g/mol. The molecule has 0 aliphatic carbocycles. The van der Waals surface area contributed by atoms with Gasteiger partial charge in [0.2, 0.25) is 0 Å². The molecule has 6 nitrogen and oxygen atoms in total. The summed E-state index contributed by atoms with van der Waals surface area (Å²) in [6, 6.07) is 17.2. The third-order valence-corrected chi connectivity index (χ3v) is 5.72. The number of para-hydroxylation sites is 1. The number of carbonyl (C=O) groups is 1. The molecule has 2 heterocycles. The number of nitrogens with one attached hydrogen (secondary N) is 1. The highest BCUT2D eigenvalue weighted by atomic mass is 35.5. The Morgan fingerprint density at radius 3 is 2.50 bits per heavy atom. The van der Waals surface area contributed by atoms with Gasteiger partial charge in [-0.3, -0.25) is 4.79 Å². The van der Waals surface area contributed by atoms with Crippen LogP contribution in [0.3, 0.4) is 0 Å². The van der Waals surface area contributed by atoms with Crippen molar-refractivity contribution in [2.24, 2.45) is 0 Å². The van der Waals surface area contributed by atoms with Crippen LogP contribution in [0.5, 0.6) is 0 Å². The molecule has 0 atom stereocenters. The van der Waals surface area contributed by atoms with Crippen molar-refractivity contribution in [2.75, 3.05) is 42.9 Å². The number of halogens is 1. The highest BCUT2D eigenvalue weighted by Gasteiger charge is 2.21. The number of carbonyl (C=O) groups excluding carboxylic acids is 1. The number of hydrogen-bond donors (Lipinski definition) is 1. The smallest absolute Gasteiger partial charge is 0.276 e. The van der Waals surface area contributed by atoms with E-state index in [1.54, 1.807) is 10.7 Å². The van der Waals surface area contributed by atoms with Crippen LogP contribution in [-0.4, -0.2) is 53.3 Å². The SMILES string of the molecule is CCN1CCN(c2ccc(Cl)cc2NC(=O)c2cc(C)n(-c3ccccc3)n2)CC1. The summed E-state index contributed by atoms with van der Waals surface area (Å²) >= 11 is 6.24. The maximum Gasteiger partial charge on any atom is 0.276 e. The van der Waals surface area contributed by atoms with Crippen LogP contribution in [0.25, 0.3) is 5.69 Å². The van der Waals surface area contributed by atoms with Gasteiger partial charge < -0.3 is 15.1 Å². The minimum absolute atomic E-state index is 0.247. The molecule has 156 valence electrons. The average Bonchev–Trinajstić information content (AvgIpc) is 3.16. The lowest BCUT2D eigenvalue weighted by atomic mass is 10.2. The number of aryl methyl sites for hydroxylation is 1. The van der Waals surface area contributed by atoms with E-state index in [2.05, 4.69) is 27.1 Å². The second-order valence-electron chi connectivity index (χ2n) is 7.46. The number of hydrogen-bond acceptors (Lipinski definition) is 4. The molecule has 2 aromatic carbocycles. The normalized spacial score (nSPS) is 14.7. The first-order chi connectivity index (χ1) is 14.5. The quantitative estimate of drug-likeness (QED) is 0.667. The molecule has 1 aromatic heterocycles. The van der Waals surface area contributed by atoms with Crippen LogP contribution in [0, 0.1) is 6.92 Å². The van der Waals surface area contributed by atoms with E-state index in [9.17, 15) is 4.79 Å². The van der Waals surface area contributed by atoms with Crippen molar-refractivity contribution in [3.63, 3.8) is 0 Å². The van der Waals surface area contributed by atoms with Crippen molar-refractivity contribution in [1.29, 1.82) is 0 Å². The first kappa shape index (κ1) is 20.4. The van der Waals surface area contributed by atoms with E-state index < -0.39 is 0 Å². The lowest BCUT2D eigenvalue weighted by molar-refractivity contribution is 0.102. The Morgan fingerprint density at radius 2 is 1.80 bits per heavy atom. The van der Waals surface area contributed by atoms with E-state index >= 15 is 0 Å². The molecule has 4 rings (SSSR count). The molecular formula is C23H26ClN5O. The highest BCUT2D eigenvalue weighted by Crippen LogP contribution is 2.30. The zero-order valence-electron chi connectivity index (χ0n) is 17.3. The van der Waals surface area contributed by atoms with Gasteiger partial charge in [0, 0.05) is 36.9 Å². The molecule has 1 N–H and O–H groups in total. The molecule has 0 radical (unpaired) electrons. The fraction of sp³-hybridized carbons (Fsp3) is 0.304. The van der Waals surface area contributed by atoms with Crippen LogP contribution >= 0.6 is 11.6 Å². The van der Waals surface area contributed by atoms with Crippen LogP contribution in [0.1, 0.15) is 23.1 Å². The molecule has 3 aromatic rings. The summed E-state index contributed by atoms with van der Waals surface area (Å²) in [5, 5.41) is 8.13. The van der Waals surface area contributed by atoms with E-state index in [0.717, 1.165) is 49.8 Å². The molecule has 0 saturated carbocycles. The first-order valence-corrected chi connectivity index (χ1v) is 10.6. The number of nitrogens with zero attached hydrogens (tertiary/aromatic N) is 4. The Hall–Kier alpha value is -2.83. The highest BCUT2D eigenvalue weighted by molar-refractivity contribution is 6.31. The van der Waals surface area contributed by atoms with Gasteiger partial charge in [0.15, 0.2) is 5.69 Å². The van der Waals surface area contributed by atoms with Crippen molar-refractivity contribution in [3.05, 3.63) is 71.0 Å². The molecule has 0 unspecified atom stereocenters. The van der Waals surface area contributed by atoms with Crippen molar-refractivity contribution in [2.45, 2.75) is 13.8 Å². The van der Waals surface area contributed by atoms with Crippen molar-refractivity contribution < 1.29 is 4.79 Å². The zero-order chi connectivity index (χ0) is 21.1. The molecule has 7 heteroatoms. The second-order valence-corrected chi connectivity index (χ2v) is 7.89. The lowest BCUT2D eigenvalue weighted by Crippen LogP contribution is -2.46. The number of likely N-dealkylation sites (N-methyl/N-ethyl adjacent to an activating group) is 1. The van der Waals surface area contributed by atoms with Crippen LogP contribution in [0.2, 0.25) is 5.02 Å². The van der Waals surface area contributed by atoms with Gasteiger partial charge in [-0.05, 0) is 49.9 Å². The van der Waals surface area contributed by atoms with E-state index in [1.165, 1.54) is 0 Å². The standard InChI is InChI=1S/C23H26ClN5O/c1-3-27-11-13-28(14-12-27)22-10-9-18(24)16-20(22)25-23(30)21-15-17(2)29(26-21)19-7-5-4-6-8-19/h4-10,15-16H,3,11-14H2,1-2H3,(H,25,30). The molecule has 1 fully saturated rings. The van der Waals surface area contributed by atoms with E-state index in [-0.39, 0.29) is 5.91 Å². The molecule has 1 aliphatic heterocycles. The molecule has 1 amide bonds. The van der Waals surface area contributed by atoms with Gasteiger partial charge in [0.05, 0.1) is 17.1 Å². The predicted octanol–water partition coefficient (Wildman–Crippen LogP) is 4.23. The van der Waals surface area contributed by atoms with Gasteiger partial charge in [0.25, 0.3) is 5.91 Å². The summed E-state index contributed by atoms with van der Waals surface area (Å²) in [4.78, 5) is 17.7. The average molecular weight is 424 g/mol. The molecule has 0 bridgehead atoms. The second kappa shape index (κ2) is 8.90. The summed E-state index contributed by atoms with van der Waals surface area (Å²) < 4.78 is 1.78. The predicted molar refractivity (Wildman–Crippen MR) is 122 cm³/mol. The Morgan fingerprint density at radius 1 is 1.07 bits per heavy atom. The number of aromatic nitrogens is 2. The van der Waals surface area contributed by atoms with Crippen LogP contribution < -0.4 is 10.2 Å². The van der Waals surface area contributed by atoms with Crippen LogP contribution in [-0.2, 0) is 0 Å². The summed E-state index contributed by atoms with van der Waals surface area (Å²) in [5.74, 6) is -0.247. The van der Waals surface area contributed by atoms with Crippen molar-refractivity contribution >= 4 is 28.9 Å². The van der Waals surface area contributed by atoms with E-state index in [0.29, 0.717) is 16.4 Å². The zero-order valence-corrected chi connectivity index (χ0v) is 18.1. The summed E-state index contributed by atoms with van der Waals surface area (Å²) in [6.45, 7) is 9.02. The Kier molecular flexibility index (Phi) is 6.06. The molecule has 30 heavy (non-hydrogen) atoms. The first-order valence-electron chi connectivity index (χ1n) is 10.3. The van der Waals surface area contributed by atoms with Gasteiger partial charge in [-0.2, -0.15) is 5.10 Å². The van der Waals surface area contributed by atoms with Crippen LogP contribution in [0.4, 0.5) is 11.4 Å². The monoisotopic (exact) mass is 423 g/mol. The minimum atomic E-state index is -0.247. The Balaban J connectivity index is 1.56. The van der Waals surface area contributed by atoms with E-state index in [1.807, 2.05) is 55.5 Å². The maximum atomic E-state index is 13.0. The molecule has 0 spiro atoms. The van der Waals surface area contributed by atoms with Crippen molar-refractivity contribution in [3.8, 4) is 5.69 Å². The Labute approximate surface area is 182 Å². The van der Waals surface area contributed by atoms with E-state index in [4.69, 9.17) is 11.6 Å². The van der Waals surface area contributed by atoms with Gasteiger partial charge >= 0.3 is 0 Å². The van der Waals surface area contributed by atoms with Gasteiger partial charge in [0.1, 0.15) is 0 Å². The molecule has 1 saturated heterocycles. The number of anilines is 2. The third-order valence-electron chi connectivity index (χ3n) is 5.49. The fourth-order valence-electron chi connectivity index (χ4n) is 3.79. The van der Waals surface area contributed by atoms with Crippen molar-refractivity contribution in [1.82, 2.24) is 14.7 Å². The summed E-state index contributed by atoms with van der Waals surface area (Å²) in [6.07, 6.45) is 0. The third kappa shape index (κ3) is 4.35. The summed E-state index contributed by atoms with van der Waals surface area (Å²) in [5.41, 5.74) is 3.89. The topological polar surface area (TPSA) is 53.4 Å². The van der Waals surface area contributed by atoms with Gasteiger partial charge in [-0.25, -0.2) is 4.68 Å². The summed E-state index contributed by atoms with van der Waals surface area (Å²) in [7, 11) is 0. The molecule has 1 aliphatic rings. The number of rotatable bonds is 5.